The molecular weight excluding hydrogens is 464 g/mol. The number of carbonyl (C=O) groups excluding carboxylic acids is 1. The van der Waals surface area contributed by atoms with Gasteiger partial charge in [0.25, 0.3) is 5.91 Å². The Kier molecular flexibility index (Phi) is 8.05. The van der Waals surface area contributed by atoms with E-state index in [2.05, 4.69) is 16.9 Å². The average molecular weight is 491 g/mol. The van der Waals surface area contributed by atoms with Crippen molar-refractivity contribution in [3.63, 3.8) is 0 Å². The van der Waals surface area contributed by atoms with E-state index in [1.54, 1.807) is 26.4 Å². The van der Waals surface area contributed by atoms with Crippen LogP contribution in [-0.4, -0.2) is 74.5 Å². The van der Waals surface area contributed by atoms with E-state index in [0.29, 0.717) is 36.2 Å². The lowest BCUT2D eigenvalue weighted by atomic mass is 10.1. The van der Waals surface area contributed by atoms with Gasteiger partial charge in [-0.15, -0.1) is 6.58 Å². The second-order valence-corrected chi connectivity index (χ2v) is 10.9. The fourth-order valence-corrected chi connectivity index (χ4v) is 7.65. The number of rotatable bonds is 9. The van der Waals surface area contributed by atoms with Gasteiger partial charge in [0.1, 0.15) is 11.6 Å². The molecule has 2 atom stereocenters. The summed E-state index contributed by atoms with van der Waals surface area (Å²) in [4.78, 5) is 18.7. The maximum absolute atomic E-state index is 12.4. The van der Waals surface area contributed by atoms with Crippen LogP contribution in [0.25, 0.3) is 0 Å². The third kappa shape index (κ3) is 5.89. The van der Waals surface area contributed by atoms with Crippen LogP contribution >= 0.6 is 11.8 Å². The first-order chi connectivity index (χ1) is 15.8. The lowest BCUT2D eigenvalue weighted by Crippen LogP contribution is -2.37. The molecule has 176 valence electrons. The minimum Gasteiger partial charge on any atom is -0.493 e. The number of carbonyl (C=O) groups is 1. The van der Waals surface area contributed by atoms with Gasteiger partial charge in [0.05, 0.1) is 38.0 Å². The molecule has 2 aliphatic rings. The fraction of sp³-hybridized carbons (Fsp3) is 0.409. The van der Waals surface area contributed by atoms with Gasteiger partial charge in [-0.05, 0) is 24.1 Å². The number of methoxy groups -OCH3 is 2. The van der Waals surface area contributed by atoms with Crippen LogP contribution in [-0.2, 0) is 21.1 Å². The second-order valence-electron chi connectivity index (χ2n) is 7.50. The van der Waals surface area contributed by atoms with E-state index < -0.39 is 15.7 Å². The number of fused-ring (bicyclic) bond motifs is 1. The molecule has 1 N–H and O–H groups in total. The second kappa shape index (κ2) is 10.8. The lowest BCUT2D eigenvalue weighted by Gasteiger charge is -2.22. The Labute approximate surface area is 198 Å². The van der Waals surface area contributed by atoms with Gasteiger partial charge in [-0.1, -0.05) is 23.9 Å². The fourth-order valence-electron chi connectivity index (χ4n) is 3.71. The number of nitrogens with one attached hydrogen (secondary N) is 1. The number of hydrogen-bond donors (Lipinski definition) is 1. The first kappa shape index (κ1) is 24.7. The molecule has 33 heavy (non-hydrogen) atoms. The maximum Gasteiger partial charge on any atom is 0.263 e. The van der Waals surface area contributed by atoms with Crippen molar-refractivity contribution in [2.75, 3.05) is 38.8 Å². The minimum absolute atomic E-state index is 0.0724. The third-order valence-electron chi connectivity index (χ3n) is 5.32. The highest BCUT2D eigenvalue weighted by molar-refractivity contribution is 8.15. The zero-order valence-electron chi connectivity index (χ0n) is 18.5. The van der Waals surface area contributed by atoms with Gasteiger partial charge >= 0.3 is 0 Å². The van der Waals surface area contributed by atoms with Crippen molar-refractivity contribution >= 4 is 32.7 Å². The zero-order valence-corrected chi connectivity index (χ0v) is 20.1. The van der Waals surface area contributed by atoms with E-state index in [4.69, 9.17) is 9.47 Å². The lowest BCUT2D eigenvalue weighted by molar-refractivity contribution is -0.117. The molecular formula is C22H26N4O5S2. The first-order valence-corrected chi connectivity index (χ1v) is 12.9. The smallest absolute Gasteiger partial charge is 0.263 e. The summed E-state index contributed by atoms with van der Waals surface area (Å²) in [5, 5.41) is 12.6. The SMILES string of the molecule is C=CCN1C(=N/C=C(\C#N)C(=O)NCCc2ccc(OC)c(OC)c2)SC2CS(=O)(=O)CC21. The number of nitriles is 1. The molecule has 9 nitrogen and oxygen atoms in total. The predicted molar refractivity (Wildman–Crippen MR) is 128 cm³/mol. The molecule has 0 aliphatic carbocycles. The Bertz CT molecular complexity index is 1120. The van der Waals surface area contributed by atoms with E-state index in [1.807, 2.05) is 23.1 Å². The maximum atomic E-state index is 12.4. The number of hydrogen-bond acceptors (Lipinski definition) is 8. The number of aliphatic imine (C=N–C) groups is 1. The molecule has 0 radical (unpaired) electrons. The number of amides is 1. The highest BCUT2D eigenvalue weighted by Gasteiger charge is 2.48. The molecule has 1 aromatic rings. The predicted octanol–water partition coefficient (Wildman–Crippen LogP) is 1.53. The molecule has 0 spiro atoms. The Balaban J connectivity index is 1.63. The largest absolute Gasteiger partial charge is 0.493 e. The van der Waals surface area contributed by atoms with Gasteiger partial charge in [-0.2, -0.15) is 5.26 Å². The summed E-state index contributed by atoms with van der Waals surface area (Å²) in [6.45, 7) is 4.49. The van der Waals surface area contributed by atoms with E-state index in [1.165, 1.54) is 18.0 Å². The minimum atomic E-state index is -3.07. The Morgan fingerprint density at radius 3 is 2.79 bits per heavy atom. The molecule has 2 heterocycles. The summed E-state index contributed by atoms with van der Waals surface area (Å²) in [5.74, 6) is 0.869. The van der Waals surface area contributed by atoms with E-state index in [-0.39, 0.29) is 28.4 Å². The standard InChI is InChI=1S/C22H26N4O5S2/c1-4-9-26-17-13-33(28,29)14-20(17)32-22(26)25-12-16(11-23)21(27)24-8-7-15-5-6-18(30-2)19(10-15)31-3/h4-6,10,12,17,20H,1,7-9,13-14H2,2-3H3,(H,24,27)/b16-12+,25-22?. The topological polar surface area (TPSA) is 121 Å². The summed E-state index contributed by atoms with van der Waals surface area (Å²) in [6, 6.07) is 7.21. The highest BCUT2D eigenvalue weighted by atomic mass is 32.2. The Morgan fingerprint density at radius 2 is 2.12 bits per heavy atom. The first-order valence-electron chi connectivity index (χ1n) is 10.2. The molecule has 2 aliphatic heterocycles. The van der Waals surface area contributed by atoms with Gasteiger partial charge in [0.2, 0.25) is 0 Å². The Morgan fingerprint density at radius 1 is 1.36 bits per heavy atom. The zero-order chi connectivity index (χ0) is 24.0. The van der Waals surface area contributed by atoms with Gasteiger partial charge < -0.3 is 19.7 Å². The van der Waals surface area contributed by atoms with Gasteiger partial charge in [-0.25, -0.2) is 13.4 Å². The van der Waals surface area contributed by atoms with Crippen molar-refractivity contribution in [3.05, 3.63) is 48.2 Å². The summed E-state index contributed by atoms with van der Waals surface area (Å²) in [7, 11) is 0.0469. The van der Waals surface area contributed by atoms with E-state index in [9.17, 15) is 18.5 Å². The molecule has 0 saturated carbocycles. The molecule has 0 bridgehead atoms. The Hall–Kier alpha value is -2.97. The van der Waals surface area contributed by atoms with Crippen molar-refractivity contribution in [1.29, 1.82) is 5.26 Å². The summed E-state index contributed by atoms with van der Waals surface area (Å²) >= 11 is 1.36. The molecule has 2 unspecified atom stereocenters. The van der Waals surface area contributed by atoms with Crippen LogP contribution < -0.4 is 14.8 Å². The third-order valence-corrected chi connectivity index (χ3v) is 8.58. The van der Waals surface area contributed by atoms with Crippen molar-refractivity contribution in [2.24, 2.45) is 4.99 Å². The van der Waals surface area contributed by atoms with Crippen LogP contribution in [0.4, 0.5) is 0 Å². The summed E-state index contributed by atoms with van der Waals surface area (Å²) in [6.07, 6.45) is 3.46. The molecule has 3 rings (SSSR count). The molecule has 2 fully saturated rings. The quantitative estimate of drug-likeness (QED) is 0.314. The number of nitrogens with zero attached hydrogens (tertiary/aromatic N) is 3. The van der Waals surface area contributed by atoms with Crippen molar-refractivity contribution < 1.29 is 22.7 Å². The highest BCUT2D eigenvalue weighted by Crippen LogP contribution is 2.38. The monoisotopic (exact) mass is 490 g/mol. The van der Waals surface area contributed by atoms with Crippen LogP contribution in [0.2, 0.25) is 0 Å². The van der Waals surface area contributed by atoms with E-state index >= 15 is 0 Å². The van der Waals surface area contributed by atoms with Gasteiger partial charge in [0.15, 0.2) is 26.5 Å². The van der Waals surface area contributed by atoms with Crippen LogP contribution in [0, 0.1) is 11.3 Å². The van der Waals surface area contributed by atoms with Crippen molar-refractivity contribution in [2.45, 2.75) is 17.7 Å². The van der Waals surface area contributed by atoms with Crippen molar-refractivity contribution in [1.82, 2.24) is 10.2 Å². The summed E-state index contributed by atoms with van der Waals surface area (Å²) in [5.41, 5.74) is 0.818. The molecule has 0 aromatic heterocycles. The normalized spacial score (nSPS) is 22.5. The van der Waals surface area contributed by atoms with Crippen LogP contribution in [0.3, 0.4) is 0 Å². The van der Waals surface area contributed by atoms with Crippen LogP contribution in [0.1, 0.15) is 5.56 Å². The number of sulfone groups is 1. The number of amidine groups is 1. The molecule has 1 amide bonds. The van der Waals surface area contributed by atoms with Gasteiger partial charge in [-0.3, -0.25) is 4.79 Å². The molecule has 11 heteroatoms. The molecule has 2 saturated heterocycles. The summed E-state index contributed by atoms with van der Waals surface area (Å²) < 4.78 is 34.4. The number of thioether (sulfide) groups is 1. The number of ether oxygens (including phenoxy) is 2. The van der Waals surface area contributed by atoms with Crippen LogP contribution in [0.5, 0.6) is 11.5 Å². The molecule has 1 aromatic carbocycles. The van der Waals surface area contributed by atoms with Crippen LogP contribution in [0.15, 0.2) is 47.6 Å². The average Bonchev–Trinajstić information content (AvgIpc) is 3.26. The van der Waals surface area contributed by atoms with E-state index in [0.717, 1.165) is 5.56 Å². The number of benzene rings is 1. The van der Waals surface area contributed by atoms with Gasteiger partial charge in [0, 0.05) is 18.3 Å². The van der Waals surface area contributed by atoms with Crippen molar-refractivity contribution in [3.8, 4) is 17.6 Å².